The van der Waals surface area contributed by atoms with E-state index >= 15 is 0 Å². The summed E-state index contributed by atoms with van der Waals surface area (Å²) in [4.78, 5) is 13.7. The van der Waals surface area contributed by atoms with Crippen molar-refractivity contribution in [3.8, 4) is 0 Å². The number of hydrogen-bond acceptors (Lipinski definition) is 5. The van der Waals surface area contributed by atoms with Gasteiger partial charge in [0, 0.05) is 9.77 Å². The Hall–Kier alpha value is -0.260. The lowest BCUT2D eigenvalue weighted by atomic mass is 10.5. The minimum Gasteiger partial charge on any atom is -0.465 e. The van der Waals surface area contributed by atoms with Crippen molar-refractivity contribution in [2.45, 2.75) is 13.8 Å². The topological polar surface area (TPSA) is 26.3 Å². The number of allylic oxidation sites excluding steroid dienone is 2. The second-order valence-corrected chi connectivity index (χ2v) is 5.87. The van der Waals surface area contributed by atoms with Crippen LogP contribution in [0.15, 0.2) is 20.1 Å². The summed E-state index contributed by atoms with van der Waals surface area (Å²) in [5.74, 6) is -0.273. The zero-order valence-corrected chi connectivity index (χ0v) is 10.6. The Morgan fingerprint density at radius 3 is 2.64 bits per heavy atom. The van der Waals surface area contributed by atoms with Crippen LogP contribution in [-0.4, -0.2) is 17.9 Å². The van der Waals surface area contributed by atoms with E-state index in [1.165, 1.54) is 18.9 Å². The SMILES string of the molecule is COC(=O)C1=C(C)S/C(=C\C(C)=S)S1. The highest BCUT2D eigenvalue weighted by Gasteiger charge is 2.24. The van der Waals surface area contributed by atoms with Gasteiger partial charge in [-0.15, -0.1) is 0 Å². The summed E-state index contributed by atoms with van der Waals surface area (Å²) in [5.41, 5.74) is 0. The van der Waals surface area contributed by atoms with Crippen LogP contribution in [0.3, 0.4) is 0 Å². The lowest BCUT2D eigenvalue weighted by Gasteiger charge is -1.97. The molecule has 76 valence electrons. The van der Waals surface area contributed by atoms with E-state index in [4.69, 9.17) is 12.2 Å². The Morgan fingerprint density at radius 2 is 2.14 bits per heavy atom. The molecule has 0 saturated carbocycles. The molecule has 0 aliphatic carbocycles. The van der Waals surface area contributed by atoms with Crippen molar-refractivity contribution in [3.05, 3.63) is 20.1 Å². The fourth-order valence-corrected chi connectivity index (χ4v) is 3.66. The average Bonchev–Trinajstić information content (AvgIpc) is 2.44. The third-order valence-electron chi connectivity index (χ3n) is 1.47. The van der Waals surface area contributed by atoms with Gasteiger partial charge in [0.1, 0.15) is 4.91 Å². The van der Waals surface area contributed by atoms with Gasteiger partial charge in [-0.2, -0.15) is 0 Å². The number of hydrogen-bond donors (Lipinski definition) is 0. The largest absolute Gasteiger partial charge is 0.465 e. The van der Waals surface area contributed by atoms with Crippen LogP contribution in [-0.2, 0) is 9.53 Å². The predicted molar refractivity (Wildman–Crippen MR) is 66.3 cm³/mol. The van der Waals surface area contributed by atoms with Crippen LogP contribution in [0.4, 0.5) is 0 Å². The molecule has 0 fully saturated rings. The van der Waals surface area contributed by atoms with Gasteiger partial charge in [-0.1, -0.05) is 35.7 Å². The third kappa shape index (κ3) is 2.87. The van der Waals surface area contributed by atoms with Crippen LogP contribution in [0.2, 0.25) is 0 Å². The first-order valence-electron chi connectivity index (χ1n) is 3.91. The summed E-state index contributed by atoms with van der Waals surface area (Å²) in [5, 5.41) is 0. The molecule has 5 heteroatoms. The molecule has 1 aliphatic heterocycles. The maximum atomic E-state index is 11.3. The van der Waals surface area contributed by atoms with Crippen molar-refractivity contribution in [1.82, 2.24) is 0 Å². The van der Waals surface area contributed by atoms with Gasteiger partial charge in [-0.05, 0) is 19.9 Å². The summed E-state index contributed by atoms with van der Waals surface area (Å²) >= 11 is 7.95. The first kappa shape index (κ1) is 11.8. The molecule has 0 atom stereocenters. The van der Waals surface area contributed by atoms with Crippen LogP contribution >= 0.6 is 35.7 Å². The van der Waals surface area contributed by atoms with Gasteiger partial charge in [0.05, 0.1) is 11.3 Å². The van der Waals surface area contributed by atoms with Crippen LogP contribution in [0.1, 0.15) is 13.8 Å². The molecular formula is C9H10O2S3. The fourth-order valence-electron chi connectivity index (χ4n) is 0.894. The number of ether oxygens (including phenoxy) is 1. The molecule has 0 N–H and O–H groups in total. The van der Waals surface area contributed by atoms with Crippen LogP contribution in [0.25, 0.3) is 0 Å². The second-order valence-electron chi connectivity index (χ2n) is 2.66. The van der Waals surface area contributed by atoms with Gasteiger partial charge >= 0.3 is 5.97 Å². The van der Waals surface area contributed by atoms with E-state index in [0.29, 0.717) is 4.91 Å². The van der Waals surface area contributed by atoms with Crippen molar-refractivity contribution in [2.75, 3.05) is 7.11 Å². The normalized spacial score (nSPS) is 18.9. The van der Waals surface area contributed by atoms with E-state index < -0.39 is 0 Å². The molecule has 0 aromatic rings. The Bertz CT molecular complexity index is 342. The molecule has 1 rings (SSSR count). The summed E-state index contributed by atoms with van der Waals surface area (Å²) in [7, 11) is 1.39. The highest BCUT2D eigenvalue weighted by atomic mass is 32.2. The van der Waals surface area contributed by atoms with Crippen molar-refractivity contribution >= 4 is 46.6 Å². The van der Waals surface area contributed by atoms with Crippen LogP contribution in [0, 0.1) is 0 Å². The van der Waals surface area contributed by atoms with Gasteiger partial charge in [0.2, 0.25) is 0 Å². The second kappa shape index (κ2) is 5.00. The maximum Gasteiger partial charge on any atom is 0.345 e. The Labute approximate surface area is 97.2 Å². The van der Waals surface area contributed by atoms with E-state index in [-0.39, 0.29) is 5.97 Å². The van der Waals surface area contributed by atoms with Crippen LogP contribution in [0.5, 0.6) is 0 Å². The smallest absolute Gasteiger partial charge is 0.345 e. The van der Waals surface area contributed by atoms with Gasteiger partial charge in [0.25, 0.3) is 0 Å². The molecule has 1 aliphatic rings. The molecule has 0 aromatic carbocycles. The lowest BCUT2D eigenvalue weighted by molar-refractivity contribution is -0.135. The summed E-state index contributed by atoms with van der Waals surface area (Å²) in [6.07, 6.45) is 1.89. The summed E-state index contributed by atoms with van der Waals surface area (Å²) in [6, 6.07) is 0. The lowest BCUT2D eigenvalue weighted by Crippen LogP contribution is -2.00. The molecule has 0 bridgehead atoms. The highest BCUT2D eigenvalue weighted by Crippen LogP contribution is 2.49. The molecule has 0 aromatic heterocycles. The first-order valence-corrected chi connectivity index (χ1v) is 5.96. The molecule has 0 unspecified atom stereocenters. The number of esters is 1. The Morgan fingerprint density at radius 1 is 1.50 bits per heavy atom. The minimum absolute atomic E-state index is 0.273. The van der Waals surface area contributed by atoms with E-state index in [9.17, 15) is 4.79 Å². The fraction of sp³-hybridized carbons (Fsp3) is 0.333. The van der Waals surface area contributed by atoms with Crippen molar-refractivity contribution in [3.63, 3.8) is 0 Å². The molecule has 0 spiro atoms. The van der Waals surface area contributed by atoms with E-state index in [0.717, 1.165) is 14.0 Å². The predicted octanol–water partition coefficient (Wildman–Crippen LogP) is 3.10. The standard InChI is InChI=1S/C9H10O2S3/c1-5(12)4-7-13-6(2)8(14-7)9(10)11-3/h4H,1-3H3/b7-4+. The van der Waals surface area contributed by atoms with E-state index in [1.54, 1.807) is 11.8 Å². The summed E-state index contributed by atoms with van der Waals surface area (Å²) < 4.78 is 5.70. The Kier molecular flexibility index (Phi) is 4.22. The number of thiocarbonyl (C=S) groups is 1. The number of rotatable bonds is 2. The van der Waals surface area contributed by atoms with Crippen molar-refractivity contribution in [2.24, 2.45) is 0 Å². The van der Waals surface area contributed by atoms with Crippen molar-refractivity contribution in [1.29, 1.82) is 0 Å². The Balaban J connectivity index is 2.79. The number of methoxy groups -OCH3 is 1. The van der Waals surface area contributed by atoms with Gasteiger partial charge in [0.15, 0.2) is 0 Å². The van der Waals surface area contributed by atoms with Gasteiger partial charge in [-0.3, -0.25) is 0 Å². The minimum atomic E-state index is -0.273. The monoisotopic (exact) mass is 246 g/mol. The first-order chi connectivity index (χ1) is 6.54. The quantitative estimate of drug-likeness (QED) is 0.424. The van der Waals surface area contributed by atoms with E-state index in [1.807, 2.05) is 19.9 Å². The number of carbonyl (C=O) groups excluding carboxylic acids is 1. The third-order valence-corrected chi connectivity index (χ3v) is 4.04. The summed E-state index contributed by atoms with van der Waals surface area (Å²) in [6.45, 7) is 3.76. The van der Waals surface area contributed by atoms with Gasteiger partial charge in [-0.25, -0.2) is 4.79 Å². The van der Waals surface area contributed by atoms with Crippen LogP contribution < -0.4 is 0 Å². The zero-order valence-electron chi connectivity index (χ0n) is 8.12. The zero-order chi connectivity index (χ0) is 10.7. The molecule has 14 heavy (non-hydrogen) atoms. The van der Waals surface area contributed by atoms with Gasteiger partial charge < -0.3 is 4.74 Å². The maximum absolute atomic E-state index is 11.3. The molecular weight excluding hydrogens is 236 g/mol. The van der Waals surface area contributed by atoms with Crippen molar-refractivity contribution < 1.29 is 9.53 Å². The molecule has 0 saturated heterocycles. The number of carbonyl (C=O) groups is 1. The average molecular weight is 246 g/mol. The van der Waals surface area contributed by atoms with E-state index in [2.05, 4.69) is 4.74 Å². The molecule has 0 radical (unpaired) electrons. The highest BCUT2D eigenvalue weighted by molar-refractivity contribution is 8.29. The molecule has 0 amide bonds. The number of thioether (sulfide) groups is 2. The molecule has 1 heterocycles. The molecule has 2 nitrogen and oxygen atoms in total.